The molecular weight excluding hydrogens is 349 g/mol. The highest BCUT2D eigenvalue weighted by molar-refractivity contribution is 7.98. The van der Waals surface area contributed by atoms with Crippen LogP contribution in [0.1, 0.15) is 28.1 Å². The molecule has 128 valence electrons. The van der Waals surface area contributed by atoms with E-state index < -0.39 is 17.3 Å². The number of hydrogen-bond donors (Lipinski definition) is 0. The number of hydrogen-bond acceptors (Lipinski definition) is 4. The lowest BCUT2D eigenvalue weighted by Gasteiger charge is -2.12. The van der Waals surface area contributed by atoms with Crippen molar-refractivity contribution in [1.29, 1.82) is 5.26 Å². The molecule has 0 fully saturated rings. The van der Waals surface area contributed by atoms with Crippen molar-refractivity contribution < 1.29 is 13.2 Å². The van der Waals surface area contributed by atoms with E-state index >= 15 is 0 Å². The van der Waals surface area contributed by atoms with Crippen LogP contribution in [-0.2, 0) is 11.9 Å². The largest absolute Gasteiger partial charge is 0.417 e. The van der Waals surface area contributed by atoms with Crippen LogP contribution in [0, 0.1) is 25.2 Å². The summed E-state index contributed by atoms with van der Waals surface area (Å²) < 4.78 is 41.3. The summed E-state index contributed by atoms with van der Waals surface area (Å²) in [6.45, 7) is 3.42. The van der Waals surface area contributed by atoms with Crippen LogP contribution in [0.4, 0.5) is 13.2 Å². The second-order valence-electron chi connectivity index (χ2n) is 5.54. The van der Waals surface area contributed by atoms with Gasteiger partial charge in [-0.1, -0.05) is 17.8 Å². The van der Waals surface area contributed by atoms with Gasteiger partial charge in [0.2, 0.25) is 0 Å². The summed E-state index contributed by atoms with van der Waals surface area (Å²) in [5.41, 5.74) is 1.34. The Hall–Kier alpha value is -2.53. The van der Waals surface area contributed by atoms with Gasteiger partial charge >= 0.3 is 6.18 Å². The van der Waals surface area contributed by atoms with Gasteiger partial charge < -0.3 is 4.40 Å². The van der Waals surface area contributed by atoms with Crippen LogP contribution in [0.15, 0.2) is 35.6 Å². The van der Waals surface area contributed by atoms with Gasteiger partial charge in [0.1, 0.15) is 16.7 Å². The molecule has 0 radical (unpaired) electrons. The van der Waals surface area contributed by atoms with Crippen LogP contribution in [0.3, 0.4) is 0 Å². The standard InChI is InChI=1S/C17H13F3N4S/c1-10-4-3-5-24-8-12(23-15(10)24)9-25-16-13(7-21)14(17(18,19)20)6-11(2)22-16/h3-6,8H,9H2,1-2H3. The van der Waals surface area contributed by atoms with Crippen molar-refractivity contribution in [3.8, 4) is 6.07 Å². The van der Waals surface area contributed by atoms with Crippen LogP contribution < -0.4 is 0 Å². The van der Waals surface area contributed by atoms with E-state index in [-0.39, 0.29) is 10.7 Å². The Morgan fingerprint density at radius 3 is 2.68 bits per heavy atom. The Bertz CT molecular complexity index is 986. The number of aryl methyl sites for hydroxylation is 2. The third-order valence-corrected chi connectivity index (χ3v) is 4.63. The SMILES string of the molecule is Cc1cc(C(F)(F)F)c(C#N)c(SCc2cn3cccc(C)c3n2)n1. The quantitative estimate of drug-likeness (QED) is 0.643. The lowest BCUT2D eigenvalue weighted by molar-refractivity contribution is -0.138. The van der Waals surface area contributed by atoms with Gasteiger partial charge in [0, 0.05) is 23.8 Å². The zero-order valence-corrected chi connectivity index (χ0v) is 14.2. The van der Waals surface area contributed by atoms with Crippen molar-refractivity contribution in [2.75, 3.05) is 0 Å². The number of fused-ring (bicyclic) bond motifs is 1. The summed E-state index contributed by atoms with van der Waals surface area (Å²) in [6.07, 6.45) is -0.910. The first-order chi connectivity index (χ1) is 11.8. The summed E-state index contributed by atoms with van der Waals surface area (Å²) in [4.78, 5) is 8.60. The molecule has 0 aliphatic heterocycles. The molecule has 0 amide bonds. The molecule has 8 heteroatoms. The molecule has 0 saturated carbocycles. The fraction of sp³-hybridized carbons (Fsp3) is 0.235. The molecule has 25 heavy (non-hydrogen) atoms. The maximum atomic E-state index is 13.1. The van der Waals surface area contributed by atoms with Crippen molar-refractivity contribution in [2.45, 2.75) is 30.8 Å². The van der Waals surface area contributed by atoms with Gasteiger partial charge in [0.25, 0.3) is 0 Å². The number of nitrogens with zero attached hydrogens (tertiary/aromatic N) is 4. The minimum absolute atomic E-state index is 0.0728. The minimum atomic E-state index is -4.59. The number of halogens is 3. The average Bonchev–Trinajstić information content (AvgIpc) is 2.96. The lowest BCUT2D eigenvalue weighted by atomic mass is 10.1. The molecule has 3 rings (SSSR count). The van der Waals surface area contributed by atoms with E-state index in [9.17, 15) is 18.4 Å². The third-order valence-electron chi connectivity index (χ3n) is 3.62. The number of alkyl halides is 3. The average molecular weight is 362 g/mol. The second kappa shape index (κ2) is 6.41. The van der Waals surface area contributed by atoms with Gasteiger partial charge in [-0.2, -0.15) is 18.4 Å². The number of thioether (sulfide) groups is 1. The second-order valence-corrected chi connectivity index (χ2v) is 6.51. The van der Waals surface area contributed by atoms with Gasteiger partial charge in [-0.3, -0.25) is 0 Å². The zero-order chi connectivity index (χ0) is 18.2. The van der Waals surface area contributed by atoms with E-state index in [1.165, 1.54) is 6.92 Å². The van der Waals surface area contributed by atoms with Gasteiger partial charge in [-0.25, -0.2) is 9.97 Å². The third kappa shape index (κ3) is 3.46. The molecule has 3 aromatic rings. The molecule has 0 saturated heterocycles. The first-order valence-electron chi connectivity index (χ1n) is 7.34. The number of imidazole rings is 1. The summed E-state index contributed by atoms with van der Waals surface area (Å²) in [6, 6.07) is 6.37. The fourth-order valence-electron chi connectivity index (χ4n) is 2.50. The summed E-state index contributed by atoms with van der Waals surface area (Å²) in [7, 11) is 0. The first-order valence-corrected chi connectivity index (χ1v) is 8.33. The monoisotopic (exact) mass is 362 g/mol. The zero-order valence-electron chi connectivity index (χ0n) is 13.4. The van der Waals surface area contributed by atoms with Crippen molar-refractivity contribution in [1.82, 2.24) is 14.4 Å². The highest BCUT2D eigenvalue weighted by Gasteiger charge is 2.35. The van der Waals surface area contributed by atoms with Crippen LogP contribution in [0.5, 0.6) is 0 Å². The molecule has 3 heterocycles. The van der Waals surface area contributed by atoms with E-state index in [1.54, 1.807) is 6.07 Å². The lowest BCUT2D eigenvalue weighted by Crippen LogP contribution is -2.10. The van der Waals surface area contributed by atoms with Crippen LogP contribution in [0.2, 0.25) is 0 Å². The molecule has 0 bridgehead atoms. The van der Waals surface area contributed by atoms with Crippen molar-refractivity contribution >= 4 is 17.4 Å². The van der Waals surface area contributed by atoms with E-state index in [4.69, 9.17) is 0 Å². The Morgan fingerprint density at radius 2 is 2.04 bits per heavy atom. The molecule has 0 spiro atoms. The topological polar surface area (TPSA) is 54.0 Å². The Kier molecular flexibility index (Phi) is 4.43. The predicted molar refractivity (Wildman–Crippen MR) is 88.2 cm³/mol. The minimum Gasteiger partial charge on any atom is -0.307 e. The van der Waals surface area contributed by atoms with E-state index in [0.29, 0.717) is 11.4 Å². The normalized spacial score (nSPS) is 11.7. The number of nitriles is 1. The summed E-state index contributed by atoms with van der Waals surface area (Å²) >= 11 is 1.08. The smallest absolute Gasteiger partial charge is 0.307 e. The number of pyridine rings is 2. The first kappa shape index (κ1) is 17.3. The molecule has 4 nitrogen and oxygen atoms in total. The van der Waals surface area contributed by atoms with E-state index in [1.807, 2.05) is 35.9 Å². The van der Waals surface area contributed by atoms with Gasteiger partial charge in [-0.05, 0) is 31.5 Å². The molecule has 0 aromatic carbocycles. The predicted octanol–water partition coefficient (Wildman–Crippen LogP) is 4.53. The molecule has 0 N–H and O–H groups in total. The fourth-order valence-corrected chi connectivity index (χ4v) is 3.43. The van der Waals surface area contributed by atoms with E-state index in [0.717, 1.165) is 29.0 Å². The van der Waals surface area contributed by atoms with Gasteiger partial charge in [-0.15, -0.1) is 0 Å². The van der Waals surface area contributed by atoms with Crippen LogP contribution in [-0.4, -0.2) is 14.4 Å². The Balaban J connectivity index is 1.93. The highest BCUT2D eigenvalue weighted by atomic mass is 32.2. The number of rotatable bonds is 3. The van der Waals surface area contributed by atoms with Crippen molar-refractivity contribution in [3.63, 3.8) is 0 Å². The Morgan fingerprint density at radius 1 is 1.28 bits per heavy atom. The summed E-state index contributed by atoms with van der Waals surface area (Å²) in [5.74, 6) is 0.323. The van der Waals surface area contributed by atoms with Crippen molar-refractivity contribution in [3.05, 3.63) is 58.7 Å². The molecule has 0 aliphatic rings. The molecule has 0 unspecified atom stereocenters. The molecule has 0 atom stereocenters. The van der Waals surface area contributed by atoms with Crippen LogP contribution >= 0.6 is 11.8 Å². The number of aromatic nitrogens is 3. The summed E-state index contributed by atoms with van der Waals surface area (Å²) in [5, 5.41) is 9.25. The highest BCUT2D eigenvalue weighted by Crippen LogP contribution is 2.36. The molecule has 3 aromatic heterocycles. The maximum Gasteiger partial charge on any atom is 0.417 e. The Labute approximate surface area is 146 Å². The molecular formula is C17H13F3N4S. The maximum absolute atomic E-state index is 13.1. The van der Waals surface area contributed by atoms with Crippen LogP contribution in [0.25, 0.3) is 5.65 Å². The van der Waals surface area contributed by atoms with Gasteiger partial charge in [0.15, 0.2) is 0 Å². The van der Waals surface area contributed by atoms with E-state index in [2.05, 4.69) is 9.97 Å². The van der Waals surface area contributed by atoms with Gasteiger partial charge in [0.05, 0.1) is 16.8 Å². The molecule has 0 aliphatic carbocycles. The van der Waals surface area contributed by atoms with Crippen molar-refractivity contribution in [2.24, 2.45) is 0 Å².